The molecule has 400 valence electrons. The number of nitrogens with two attached hydrogens (primary N) is 2. The molecule has 3 aromatic heterocycles. The normalized spacial score (nSPS) is 13.5. The monoisotopic (exact) mass is 1050 g/mol. The van der Waals surface area contributed by atoms with Crippen LogP contribution >= 0.6 is 0 Å². The molecule has 3 aromatic carbocycles. The summed E-state index contributed by atoms with van der Waals surface area (Å²) in [5, 5.41) is 46.8. The largest absolute Gasteiger partial charge is 0.481 e. The summed E-state index contributed by atoms with van der Waals surface area (Å²) >= 11 is 0. The quantitative estimate of drug-likeness (QED) is 0.0264. The number of rotatable bonds is 28. The number of nitrogens with one attached hydrogen (secondary N) is 10. The van der Waals surface area contributed by atoms with Crippen molar-refractivity contribution in [2.45, 2.75) is 81.2 Å². The van der Waals surface area contributed by atoms with E-state index >= 15 is 0 Å². The van der Waals surface area contributed by atoms with Gasteiger partial charge in [-0.15, -0.1) is 0 Å². The molecule has 26 heteroatoms. The maximum absolute atomic E-state index is 14.3. The van der Waals surface area contributed by atoms with E-state index in [0.29, 0.717) is 38.5 Å². The molecule has 6 atom stereocenters. The first-order valence-corrected chi connectivity index (χ1v) is 23.7. The lowest BCUT2D eigenvalue weighted by Gasteiger charge is -2.26. The zero-order chi connectivity index (χ0) is 55.1. The van der Waals surface area contributed by atoms with E-state index in [2.05, 4.69) is 52.2 Å². The number of primary amides is 1. The lowest BCUT2D eigenvalue weighted by Crippen LogP contribution is -2.60. The Labute approximate surface area is 430 Å². The molecule has 0 bridgehead atoms. The molecule has 0 aliphatic carbocycles. The number of hydrogen-bond donors (Lipinski definition) is 15. The Morgan fingerprint density at radius 1 is 0.447 bits per heavy atom. The molecular weight excluding hydrogens is 993 g/mol. The number of aliphatic carboxylic acids is 3. The van der Waals surface area contributed by atoms with Crippen molar-refractivity contribution in [3.8, 4) is 0 Å². The Bertz CT molecular complexity index is 3160. The van der Waals surface area contributed by atoms with Gasteiger partial charge in [-0.2, -0.15) is 0 Å². The fourth-order valence-electron chi connectivity index (χ4n) is 8.34. The van der Waals surface area contributed by atoms with Crippen molar-refractivity contribution in [2.24, 2.45) is 11.5 Å². The van der Waals surface area contributed by atoms with Crippen LogP contribution in [-0.4, -0.2) is 145 Å². The number of aromatic amines is 3. The highest BCUT2D eigenvalue weighted by Gasteiger charge is 2.34. The van der Waals surface area contributed by atoms with Crippen molar-refractivity contribution in [1.82, 2.24) is 52.2 Å². The van der Waals surface area contributed by atoms with E-state index in [-0.39, 0.29) is 19.3 Å². The average Bonchev–Trinajstić information content (AvgIpc) is 4.12. The van der Waals surface area contributed by atoms with E-state index in [1.54, 1.807) is 67.0 Å². The second-order valence-corrected chi connectivity index (χ2v) is 17.7. The number of hydrogen-bond acceptors (Lipinski definition) is 12. The Morgan fingerprint density at radius 3 is 1.34 bits per heavy atom. The molecule has 0 unspecified atom stereocenters. The van der Waals surface area contributed by atoms with Crippen molar-refractivity contribution in [1.29, 1.82) is 0 Å². The van der Waals surface area contributed by atoms with Crippen LogP contribution in [-0.2, 0) is 72.0 Å². The Morgan fingerprint density at radius 2 is 0.855 bits per heavy atom. The standard InChI is InChI=1S/C50H56N12O14/c51-31(15-25-20-53-32-10-4-1-7-28(25)32)45(71)59-35(13-14-42(65)66)48(74)61-38(18-40(52)63)50(76)60-37(17-27-22-55-34-12-6-3-9-30(27)34)49(75)62-39(19-43(67)68)47(73)56-23-41(64)58-36(46(72)57-24-44(69)70)16-26-21-54-33-11-5-2-8-29(26)33/h1-12,20-22,31,35-39,53-55H,13-19,23-24,51H2,(H2,52,63)(H,56,73)(H,57,72)(H,58,64)(H,59,71)(H,60,76)(H,61,74)(H,62,75)(H,65,66)(H,67,68)(H,69,70)/t31-,35-,36-,37-,38-,39-/m0/s1. The van der Waals surface area contributed by atoms with Gasteiger partial charge >= 0.3 is 17.9 Å². The van der Waals surface area contributed by atoms with Gasteiger partial charge in [0.25, 0.3) is 0 Å². The minimum Gasteiger partial charge on any atom is -0.481 e. The third-order valence-corrected chi connectivity index (χ3v) is 12.1. The number of H-pyrrole nitrogens is 3. The summed E-state index contributed by atoms with van der Waals surface area (Å²) in [4.78, 5) is 152. The second kappa shape index (κ2) is 25.9. The number of carboxylic acid groups (broad SMARTS) is 3. The van der Waals surface area contributed by atoms with E-state index in [4.69, 9.17) is 16.6 Å². The topological polar surface area (TPSA) is 432 Å². The highest BCUT2D eigenvalue weighted by molar-refractivity contribution is 6.00. The molecule has 0 saturated carbocycles. The fourth-order valence-corrected chi connectivity index (χ4v) is 8.34. The molecule has 0 fully saturated rings. The molecule has 0 radical (unpaired) electrons. The summed E-state index contributed by atoms with van der Waals surface area (Å²) in [6.07, 6.45) is 1.26. The SMILES string of the molecule is NC(=O)C[C@H](NC(=O)[C@H](CCC(=O)O)NC(=O)[C@@H](N)Cc1c[nH]c2ccccc12)C(=O)N[C@@H](Cc1c[nH]c2ccccc12)C(=O)N[C@@H](CC(=O)O)C(=O)NCC(=O)N[C@@H](Cc1c[nH]c2ccccc12)C(=O)NCC(=O)O. The maximum Gasteiger partial charge on any atom is 0.322 e. The number of amides is 8. The van der Waals surface area contributed by atoms with Gasteiger partial charge < -0.3 is 79.0 Å². The van der Waals surface area contributed by atoms with Gasteiger partial charge in [0.2, 0.25) is 47.3 Å². The van der Waals surface area contributed by atoms with Gasteiger partial charge in [-0.1, -0.05) is 54.6 Å². The highest BCUT2D eigenvalue weighted by atomic mass is 16.4. The van der Waals surface area contributed by atoms with Crippen LogP contribution in [0.2, 0.25) is 0 Å². The van der Waals surface area contributed by atoms with Crippen molar-refractivity contribution in [3.63, 3.8) is 0 Å². The minimum atomic E-state index is -1.91. The number of carboxylic acids is 3. The molecular formula is C50H56N12O14. The van der Waals surface area contributed by atoms with Crippen LogP contribution in [0.4, 0.5) is 0 Å². The van der Waals surface area contributed by atoms with Crippen LogP contribution < -0.4 is 48.7 Å². The zero-order valence-corrected chi connectivity index (χ0v) is 40.5. The van der Waals surface area contributed by atoms with Gasteiger partial charge in [-0.25, -0.2) is 0 Å². The lowest BCUT2D eigenvalue weighted by atomic mass is 10.0. The molecule has 26 nitrogen and oxygen atoms in total. The molecule has 0 aliphatic rings. The van der Waals surface area contributed by atoms with Crippen LogP contribution in [0, 0.1) is 0 Å². The first-order chi connectivity index (χ1) is 36.3. The molecule has 17 N–H and O–H groups in total. The predicted molar refractivity (Wildman–Crippen MR) is 270 cm³/mol. The molecule has 6 rings (SSSR count). The summed E-state index contributed by atoms with van der Waals surface area (Å²) in [5.74, 6) is -12.7. The molecule has 0 spiro atoms. The lowest BCUT2D eigenvalue weighted by molar-refractivity contribution is -0.141. The van der Waals surface area contributed by atoms with Gasteiger partial charge in [-0.3, -0.25) is 52.7 Å². The van der Waals surface area contributed by atoms with E-state index in [9.17, 15) is 63.0 Å². The molecule has 0 saturated heterocycles. The molecule has 0 aliphatic heterocycles. The van der Waals surface area contributed by atoms with Crippen LogP contribution in [0.1, 0.15) is 42.4 Å². The summed E-state index contributed by atoms with van der Waals surface area (Å²) < 4.78 is 0. The van der Waals surface area contributed by atoms with Gasteiger partial charge in [0.1, 0.15) is 36.8 Å². The molecule has 6 aromatic rings. The van der Waals surface area contributed by atoms with Crippen molar-refractivity contribution >= 4 is 97.9 Å². The first kappa shape index (κ1) is 55.7. The van der Waals surface area contributed by atoms with Gasteiger partial charge in [0.15, 0.2) is 0 Å². The third-order valence-electron chi connectivity index (χ3n) is 12.1. The Kier molecular flexibility index (Phi) is 19.0. The maximum atomic E-state index is 14.3. The Hall–Kier alpha value is -9.59. The number of aromatic nitrogens is 3. The fraction of sp³-hybridized carbons (Fsp3) is 0.300. The van der Waals surface area contributed by atoms with E-state index < -0.39 is 140 Å². The van der Waals surface area contributed by atoms with E-state index in [0.717, 1.165) is 10.9 Å². The van der Waals surface area contributed by atoms with Crippen LogP contribution in [0.5, 0.6) is 0 Å². The minimum absolute atomic E-state index is 0.00517. The first-order valence-electron chi connectivity index (χ1n) is 23.7. The third kappa shape index (κ3) is 15.5. The number of para-hydroxylation sites is 3. The molecule has 76 heavy (non-hydrogen) atoms. The van der Waals surface area contributed by atoms with Gasteiger partial charge in [0.05, 0.1) is 25.4 Å². The Balaban J connectivity index is 1.17. The van der Waals surface area contributed by atoms with Gasteiger partial charge in [0, 0.05) is 70.6 Å². The number of fused-ring (bicyclic) bond motifs is 3. The van der Waals surface area contributed by atoms with E-state index in [1.807, 2.05) is 18.2 Å². The number of benzene rings is 3. The molecule has 8 amide bonds. The second-order valence-electron chi connectivity index (χ2n) is 17.7. The number of carbonyl (C=O) groups excluding carboxylic acids is 8. The predicted octanol–water partition coefficient (Wildman–Crippen LogP) is -1.56. The summed E-state index contributed by atoms with van der Waals surface area (Å²) in [6, 6.07) is 11.4. The highest BCUT2D eigenvalue weighted by Crippen LogP contribution is 2.22. The van der Waals surface area contributed by atoms with Crippen LogP contribution in [0.25, 0.3) is 32.7 Å². The van der Waals surface area contributed by atoms with Gasteiger partial charge in [-0.05, 0) is 47.7 Å². The number of carbonyl (C=O) groups is 11. The summed E-state index contributed by atoms with van der Waals surface area (Å²) in [7, 11) is 0. The summed E-state index contributed by atoms with van der Waals surface area (Å²) in [6.45, 7) is -1.64. The smallest absolute Gasteiger partial charge is 0.322 e. The van der Waals surface area contributed by atoms with Crippen LogP contribution in [0.15, 0.2) is 91.4 Å². The molecule has 3 heterocycles. The van der Waals surface area contributed by atoms with E-state index in [1.165, 1.54) is 6.20 Å². The summed E-state index contributed by atoms with van der Waals surface area (Å²) in [5.41, 5.74) is 15.5. The average molecular weight is 1050 g/mol. The van der Waals surface area contributed by atoms with Crippen molar-refractivity contribution in [3.05, 3.63) is 108 Å². The van der Waals surface area contributed by atoms with Crippen LogP contribution in [0.3, 0.4) is 0 Å². The van der Waals surface area contributed by atoms with Crippen molar-refractivity contribution in [2.75, 3.05) is 13.1 Å². The van der Waals surface area contributed by atoms with Crippen molar-refractivity contribution < 1.29 is 68.1 Å². The zero-order valence-electron chi connectivity index (χ0n) is 40.5.